The normalized spacial score (nSPS) is 14.5. The molecular formula is C31H32ClN3O5S. The first-order chi connectivity index (χ1) is 19.8. The Hall–Kier alpha value is -3.69. The first-order valence-electron chi connectivity index (χ1n) is 13.8. The third kappa shape index (κ3) is 6.16. The SMILES string of the molecule is CCOC(=O)c1ccc(C(=O)c2cnn(CC)c2OCc2ccc3ccccc3c2)c(Cl)c1N=S1(=O)CCCCC1. The summed E-state index contributed by atoms with van der Waals surface area (Å²) in [5.41, 5.74) is 1.40. The first-order valence-corrected chi connectivity index (χ1v) is 16.0. The van der Waals surface area contributed by atoms with E-state index in [1.807, 2.05) is 43.3 Å². The second-order valence-corrected chi connectivity index (χ2v) is 12.8. The summed E-state index contributed by atoms with van der Waals surface area (Å²) in [6.45, 7) is 4.47. The molecule has 0 N–H and O–H groups in total. The van der Waals surface area contributed by atoms with Crippen LogP contribution in [0.5, 0.6) is 5.88 Å². The van der Waals surface area contributed by atoms with Crippen molar-refractivity contribution < 1.29 is 23.3 Å². The van der Waals surface area contributed by atoms with E-state index in [9.17, 15) is 13.8 Å². The van der Waals surface area contributed by atoms with E-state index in [2.05, 4.69) is 15.5 Å². The fourth-order valence-electron chi connectivity index (χ4n) is 4.93. The summed E-state index contributed by atoms with van der Waals surface area (Å²) in [5, 5.41) is 6.53. The van der Waals surface area contributed by atoms with Crippen LogP contribution in [0, 0.1) is 0 Å². The van der Waals surface area contributed by atoms with Gasteiger partial charge < -0.3 is 9.47 Å². The van der Waals surface area contributed by atoms with Crippen LogP contribution in [0.15, 0.2) is 65.2 Å². The highest BCUT2D eigenvalue weighted by molar-refractivity contribution is 7.93. The van der Waals surface area contributed by atoms with E-state index in [-0.39, 0.29) is 40.6 Å². The summed E-state index contributed by atoms with van der Waals surface area (Å²) in [7, 11) is -2.63. The Kier molecular flexibility index (Phi) is 8.75. The van der Waals surface area contributed by atoms with Crippen LogP contribution in [0.4, 0.5) is 5.69 Å². The Balaban J connectivity index is 1.51. The molecule has 0 spiro atoms. The summed E-state index contributed by atoms with van der Waals surface area (Å²) in [5.74, 6) is 0.0743. The van der Waals surface area contributed by atoms with Gasteiger partial charge in [-0.15, -0.1) is 0 Å². The number of ketones is 1. The number of carbonyl (C=O) groups excluding carboxylic acids is 2. The molecule has 1 aromatic heterocycles. The van der Waals surface area contributed by atoms with Crippen molar-refractivity contribution in [2.45, 2.75) is 46.3 Å². The molecule has 1 fully saturated rings. The van der Waals surface area contributed by atoms with Gasteiger partial charge in [0.15, 0.2) is 0 Å². The van der Waals surface area contributed by atoms with Gasteiger partial charge in [-0.1, -0.05) is 54.4 Å². The number of esters is 1. The minimum atomic E-state index is -2.63. The minimum absolute atomic E-state index is 0.0318. The van der Waals surface area contributed by atoms with Crippen molar-refractivity contribution >= 4 is 49.5 Å². The molecule has 2 heterocycles. The molecule has 0 amide bonds. The van der Waals surface area contributed by atoms with E-state index in [0.29, 0.717) is 23.9 Å². The topological polar surface area (TPSA) is 99.8 Å². The molecule has 0 atom stereocenters. The predicted octanol–water partition coefficient (Wildman–Crippen LogP) is 6.98. The second-order valence-electron chi connectivity index (χ2n) is 9.85. The zero-order valence-corrected chi connectivity index (χ0v) is 24.7. The van der Waals surface area contributed by atoms with Crippen molar-refractivity contribution in [3.05, 3.63) is 88.1 Å². The van der Waals surface area contributed by atoms with Crippen LogP contribution < -0.4 is 4.74 Å². The van der Waals surface area contributed by atoms with Gasteiger partial charge in [-0.2, -0.15) is 9.46 Å². The van der Waals surface area contributed by atoms with Crippen molar-refractivity contribution in [1.29, 1.82) is 0 Å². The van der Waals surface area contributed by atoms with Crippen LogP contribution in [-0.2, 0) is 27.6 Å². The number of rotatable bonds is 9. The highest BCUT2D eigenvalue weighted by Gasteiger charge is 2.27. The quantitative estimate of drug-likeness (QED) is 0.153. The number of carbonyl (C=O) groups is 2. The van der Waals surface area contributed by atoms with Gasteiger partial charge >= 0.3 is 5.97 Å². The van der Waals surface area contributed by atoms with Gasteiger partial charge in [0, 0.05) is 23.6 Å². The van der Waals surface area contributed by atoms with Crippen molar-refractivity contribution in [3.8, 4) is 5.88 Å². The Morgan fingerprint density at radius 3 is 2.44 bits per heavy atom. The average Bonchev–Trinajstić information content (AvgIpc) is 3.40. The molecule has 0 saturated carbocycles. The molecule has 1 saturated heterocycles. The standard InChI is InChI=1S/C31H32ClN3O5S/c1-3-35-30(40-20-21-12-13-22-10-6-7-11-23(22)18-21)26(19-33-35)29(36)24-14-15-25(31(37)39-4-2)28(27(24)32)34-41(38)16-8-5-9-17-41/h6-7,10-15,18-19H,3-5,8-9,16-17,20H2,1-2H3. The molecule has 1 aliphatic rings. The number of benzene rings is 3. The maximum absolute atomic E-state index is 13.9. The van der Waals surface area contributed by atoms with Crippen LogP contribution in [0.1, 0.15) is 65.0 Å². The van der Waals surface area contributed by atoms with E-state index in [4.69, 9.17) is 21.1 Å². The maximum atomic E-state index is 13.9. The van der Waals surface area contributed by atoms with Crippen LogP contribution in [0.3, 0.4) is 0 Å². The Morgan fingerprint density at radius 1 is 0.976 bits per heavy atom. The highest BCUT2D eigenvalue weighted by atomic mass is 35.5. The lowest BCUT2D eigenvalue weighted by atomic mass is 10.0. The van der Waals surface area contributed by atoms with Crippen molar-refractivity contribution in [3.63, 3.8) is 0 Å². The molecule has 0 unspecified atom stereocenters. The molecule has 10 heteroatoms. The van der Waals surface area contributed by atoms with Gasteiger partial charge in [0.25, 0.3) is 0 Å². The molecule has 0 aliphatic carbocycles. The van der Waals surface area contributed by atoms with Crippen molar-refractivity contribution in [2.24, 2.45) is 4.36 Å². The summed E-state index contributed by atoms with van der Waals surface area (Å²) in [4.78, 5) is 26.6. The van der Waals surface area contributed by atoms with Gasteiger partial charge in [-0.3, -0.25) is 4.79 Å². The van der Waals surface area contributed by atoms with Crippen LogP contribution in [0.25, 0.3) is 10.8 Å². The molecule has 214 valence electrons. The number of fused-ring (bicyclic) bond motifs is 1. The number of ether oxygens (including phenoxy) is 2. The van der Waals surface area contributed by atoms with E-state index in [0.717, 1.165) is 35.6 Å². The maximum Gasteiger partial charge on any atom is 0.340 e. The zero-order valence-electron chi connectivity index (χ0n) is 23.1. The Bertz CT molecular complexity index is 1730. The van der Waals surface area contributed by atoms with E-state index < -0.39 is 21.5 Å². The number of halogens is 1. The number of aromatic nitrogens is 2. The number of aryl methyl sites for hydroxylation is 1. The fourth-order valence-corrected chi connectivity index (χ4v) is 7.49. The first kappa shape index (κ1) is 28.8. The highest BCUT2D eigenvalue weighted by Crippen LogP contribution is 2.37. The zero-order chi connectivity index (χ0) is 29.0. The monoisotopic (exact) mass is 593 g/mol. The van der Waals surface area contributed by atoms with Crippen molar-refractivity contribution in [2.75, 3.05) is 18.1 Å². The van der Waals surface area contributed by atoms with Crippen LogP contribution in [-0.4, -0.2) is 43.9 Å². The molecule has 5 rings (SSSR count). The van der Waals surface area contributed by atoms with E-state index in [1.165, 1.54) is 18.3 Å². The Morgan fingerprint density at radius 2 is 1.71 bits per heavy atom. The van der Waals surface area contributed by atoms with Gasteiger partial charge in [0.2, 0.25) is 11.7 Å². The largest absolute Gasteiger partial charge is 0.472 e. The van der Waals surface area contributed by atoms with Crippen LogP contribution in [0.2, 0.25) is 5.02 Å². The van der Waals surface area contributed by atoms with Gasteiger partial charge in [-0.25, -0.2) is 13.7 Å². The summed E-state index contributed by atoms with van der Waals surface area (Å²) in [6.07, 6.45) is 3.99. The number of hydrogen-bond donors (Lipinski definition) is 0. The average molecular weight is 594 g/mol. The molecule has 0 bridgehead atoms. The predicted molar refractivity (Wildman–Crippen MR) is 161 cm³/mol. The third-order valence-electron chi connectivity index (χ3n) is 7.07. The summed E-state index contributed by atoms with van der Waals surface area (Å²) >= 11 is 6.79. The van der Waals surface area contributed by atoms with Crippen LogP contribution >= 0.6 is 11.6 Å². The lowest BCUT2D eigenvalue weighted by Gasteiger charge is -2.17. The van der Waals surface area contributed by atoms with E-state index >= 15 is 0 Å². The fraction of sp³-hybridized carbons (Fsp3) is 0.323. The third-order valence-corrected chi connectivity index (χ3v) is 9.82. The molecule has 8 nitrogen and oxygen atoms in total. The van der Waals surface area contributed by atoms with Gasteiger partial charge in [0.05, 0.1) is 33.1 Å². The van der Waals surface area contributed by atoms with Gasteiger partial charge in [0.1, 0.15) is 17.9 Å². The minimum Gasteiger partial charge on any atom is -0.472 e. The summed E-state index contributed by atoms with van der Waals surface area (Å²) < 4.78 is 31.0. The number of hydrogen-bond acceptors (Lipinski definition) is 7. The number of nitrogens with zero attached hydrogens (tertiary/aromatic N) is 3. The second kappa shape index (κ2) is 12.4. The Labute approximate surface area is 244 Å². The lowest BCUT2D eigenvalue weighted by Crippen LogP contribution is -2.16. The molecule has 0 radical (unpaired) electrons. The molecule has 41 heavy (non-hydrogen) atoms. The molecule has 1 aliphatic heterocycles. The molecular weight excluding hydrogens is 562 g/mol. The molecule has 3 aromatic carbocycles. The lowest BCUT2D eigenvalue weighted by molar-refractivity contribution is 0.0527. The summed E-state index contributed by atoms with van der Waals surface area (Å²) in [6, 6.07) is 17.1. The molecule has 4 aromatic rings. The van der Waals surface area contributed by atoms with Gasteiger partial charge in [-0.05, 0) is 61.2 Å². The van der Waals surface area contributed by atoms with Crippen molar-refractivity contribution in [1.82, 2.24) is 9.78 Å². The smallest absolute Gasteiger partial charge is 0.340 e. The van der Waals surface area contributed by atoms with E-state index in [1.54, 1.807) is 11.6 Å².